The molecule has 27 heavy (non-hydrogen) atoms. The topological polar surface area (TPSA) is 88.7 Å². The first kappa shape index (κ1) is 18.6. The smallest absolute Gasteiger partial charge is 0.323 e. The Morgan fingerprint density at radius 3 is 2.30 bits per heavy atom. The molecule has 0 radical (unpaired) electrons. The Hall–Kier alpha value is -3.22. The quantitative estimate of drug-likeness (QED) is 0.761. The molecule has 7 nitrogen and oxygen atoms in total. The summed E-state index contributed by atoms with van der Waals surface area (Å²) in [7, 11) is 3.08. The van der Waals surface area contributed by atoms with Gasteiger partial charge in [0.2, 0.25) is 5.91 Å². The molecular weight excluding hydrogens is 346 g/mol. The number of carbonyl (C=O) groups excluding carboxylic acids is 2. The van der Waals surface area contributed by atoms with E-state index in [1.807, 2.05) is 26.0 Å². The number of benzene rings is 2. The number of methoxy groups -OCH3 is 2. The summed E-state index contributed by atoms with van der Waals surface area (Å²) in [4.78, 5) is 24.2. The number of hydrogen-bond donors (Lipinski definition) is 3. The number of hydrogen-bond acceptors (Lipinski definition) is 4. The molecule has 0 unspecified atom stereocenters. The average molecular weight is 369 g/mol. The summed E-state index contributed by atoms with van der Waals surface area (Å²) in [5.74, 6) is 1.07. The van der Waals surface area contributed by atoms with Gasteiger partial charge in [-0.15, -0.1) is 0 Å². The maximum atomic E-state index is 12.3. The fraction of sp³-hybridized carbons (Fsp3) is 0.300. The Morgan fingerprint density at radius 1 is 1.00 bits per heavy atom. The van der Waals surface area contributed by atoms with Crippen molar-refractivity contribution in [3.8, 4) is 11.5 Å². The normalized spacial score (nSPS) is 14.6. The van der Waals surface area contributed by atoms with Gasteiger partial charge in [0.1, 0.15) is 0 Å². The van der Waals surface area contributed by atoms with Gasteiger partial charge in [-0.2, -0.15) is 0 Å². The highest BCUT2D eigenvalue weighted by atomic mass is 16.5. The molecule has 3 rings (SSSR count). The van der Waals surface area contributed by atoms with E-state index in [0.29, 0.717) is 29.3 Å². The molecule has 1 heterocycles. The number of urea groups is 1. The number of anilines is 3. The summed E-state index contributed by atoms with van der Waals surface area (Å²) in [5.41, 5.74) is 2.69. The van der Waals surface area contributed by atoms with Crippen LogP contribution < -0.4 is 25.4 Å². The SMILES string of the molecule is COc1ccc(NC(=O)Nc2ccc3c(c2)NC(=O)CC3(C)C)cc1OC. The lowest BCUT2D eigenvalue weighted by Gasteiger charge is -2.32. The van der Waals surface area contributed by atoms with Crippen LogP contribution in [0, 0.1) is 0 Å². The van der Waals surface area contributed by atoms with Crippen molar-refractivity contribution in [1.29, 1.82) is 0 Å². The van der Waals surface area contributed by atoms with Gasteiger partial charge in [-0.25, -0.2) is 4.79 Å². The Labute approximate surface area is 158 Å². The van der Waals surface area contributed by atoms with Crippen molar-refractivity contribution in [3.63, 3.8) is 0 Å². The van der Waals surface area contributed by atoms with E-state index in [2.05, 4.69) is 16.0 Å². The zero-order valence-electron chi connectivity index (χ0n) is 15.8. The lowest BCUT2D eigenvalue weighted by atomic mass is 9.78. The van der Waals surface area contributed by atoms with E-state index in [9.17, 15) is 9.59 Å². The second kappa shape index (κ2) is 7.19. The molecule has 142 valence electrons. The highest BCUT2D eigenvalue weighted by Gasteiger charge is 2.31. The van der Waals surface area contributed by atoms with Gasteiger partial charge in [0.05, 0.1) is 14.2 Å². The highest BCUT2D eigenvalue weighted by molar-refractivity contribution is 6.01. The molecule has 0 bridgehead atoms. The fourth-order valence-electron chi connectivity index (χ4n) is 3.21. The first-order valence-electron chi connectivity index (χ1n) is 8.57. The maximum absolute atomic E-state index is 12.3. The second-order valence-electron chi connectivity index (χ2n) is 7.02. The van der Waals surface area contributed by atoms with E-state index in [4.69, 9.17) is 9.47 Å². The van der Waals surface area contributed by atoms with Crippen molar-refractivity contribution in [3.05, 3.63) is 42.0 Å². The zero-order chi connectivity index (χ0) is 19.6. The molecule has 0 atom stereocenters. The number of rotatable bonds is 4. The summed E-state index contributed by atoms with van der Waals surface area (Å²) in [6, 6.07) is 10.2. The molecule has 2 aromatic rings. The number of amides is 3. The van der Waals surface area contributed by atoms with Crippen LogP contribution in [0.1, 0.15) is 25.8 Å². The van der Waals surface area contributed by atoms with Crippen LogP contribution in [-0.4, -0.2) is 26.2 Å². The summed E-state index contributed by atoms with van der Waals surface area (Å²) in [6.07, 6.45) is 0.437. The van der Waals surface area contributed by atoms with Gasteiger partial charge in [-0.05, 0) is 29.8 Å². The van der Waals surface area contributed by atoms with Crippen molar-refractivity contribution in [2.75, 3.05) is 30.2 Å². The van der Waals surface area contributed by atoms with Crippen molar-refractivity contribution >= 4 is 29.0 Å². The Morgan fingerprint density at radius 2 is 1.63 bits per heavy atom. The minimum atomic E-state index is -0.399. The van der Waals surface area contributed by atoms with Gasteiger partial charge in [-0.3, -0.25) is 4.79 Å². The van der Waals surface area contributed by atoms with E-state index >= 15 is 0 Å². The number of nitrogens with one attached hydrogen (secondary N) is 3. The second-order valence-corrected chi connectivity index (χ2v) is 7.02. The van der Waals surface area contributed by atoms with Crippen LogP contribution in [-0.2, 0) is 10.2 Å². The molecule has 3 amide bonds. The van der Waals surface area contributed by atoms with Crippen LogP contribution in [0.4, 0.5) is 21.9 Å². The molecule has 2 aromatic carbocycles. The standard InChI is InChI=1S/C20H23N3O4/c1-20(2)11-18(24)23-15-9-12(5-7-14(15)20)21-19(25)22-13-6-8-16(26-3)17(10-13)27-4/h5-10H,11H2,1-4H3,(H,23,24)(H2,21,22,25). The van der Waals surface area contributed by atoms with E-state index in [0.717, 1.165) is 11.3 Å². The molecular formula is C20H23N3O4. The van der Waals surface area contributed by atoms with Crippen LogP contribution >= 0.6 is 0 Å². The summed E-state index contributed by atoms with van der Waals surface area (Å²) >= 11 is 0. The van der Waals surface area contributed by atoms with Gasteiger partial charge in [0.15, 0.2) is 11.5 Å². The molecule has 1 aliphatic rings. The molecule has 1 aliphatic heterocycles. The van der Waals surface area contributed by atoms with Crippen LogP contribution in [0.15, 0.2) is 36.4 Å². The number of fused-ring (bicyclic) bond motifs is 1. The van der Waals surface area contributed by atoms with Crippen molar-refractivity contribution < 1.29 is 19.1 Å². The summed E-state index contributed by atoms with van der Waals surface area (Å²) in [6.45, 7) is 4.06. The molecule has 0 saturated carbocycles. The predicted octanol–water partition coefficient (Wildman–Crippen LogP) is 3.97. The lowest BCUT2D eigenvalue weighted by Crippen LogP contribution is -2.32. The Balaban J connectivity index is 1.74. The Kier molecular flexibility index (Phi) is 4.94. The third-order valence-electron chi connectivity index (χ3n) is 4.52. The van der Waals surface area contributed by atoms with Gasteiger partial charge >= 0.3 is 6.03 Å². The third-order valence-corrected chi connectivity index (χ3v) is 4.52. The molecule has 7 heteroatoms. The third kappa shape index (κ3) is 3.97. The molecule has 0 aromatic heterocycles. The van der Waals surface area contributed by atoms with Gasteiger partial charge in [0, 0.05) is 35.0 Å². The van der Waals surface area contributed by atoms with E-state index in [1.54, 1.807) is 31.4 Å². The van der Waals surface area contributed by atoms with Crippen molar-refractivity contribution in [1.82, 2.24) is 0 Å². The first-order chi connectivity index (χ1) is 12.8. The van der Waals surface area contributed by atoms with Crippen LogP contribution in [0.5, 0.6) is 11.5 Å². The number of ether oxygens (including phenoxy) is 2. The molecule has 0 aliphatic carbocycles. The highest BCUT2D eigenvalue weighted by Crippen LogP contribution is 2.38. The van der Waals surface area contributed by atoms with Gasteiger partial charge in [0.25, 0.3) is 0 Å². The number of carbonyl (C=O) groups is 2. The fourth-order valence-corrected chi connectivity index (χ4v) is 3.21. The monoisotopic (exact) mass is 369 g/mol. The van der Waals surface area contributed by atoms with E-state index < -0.39 is 6.03 Å². The molecule has 3 N–H and O–H groups in total. The van der Waals surface area contributed by atoms with Crippen LogP contribution in [0.3, 0.4) is 0 Å². The Bertz CT molecular complexity index is 893. The molecule has 0 fully saturated rings. The zero-order valence-corrected chi connectivity index (χ0v) is 15.8. The van der Waals surface area contributed by atoms with E-state index in [-0.39, 0.29) is 11.3 Å². The summed E-state index contributed by atoms with van der Waals surface area (Å²) in [5, 5.41) is 8.39. The van der Waals surface area contributed by atoms with Crippen LogP contribution in [0.25, 0.3) is 0 Å². The van der Waals surface area contributed by atoms with Crippen molar-refractivity contribution in [2.45, 2.75) is 25.7 Å². The minimum Gasteiger partial charge on any atom is -0.493 e. The largest absolute Gasteiger partial charge is 0.493 e. The molecule has 0 saturated heterocycles. The lowest BCUT2D eigenvalue weighted by molar-refractivity contribution is -0.117. The summed E-state index contributed by atoms with van der Waals surface area (Å²) < 4.78 is 10.4. The maximum Gasteiger partial charge on any atom is 0.323 e. The predicted molar refractivity (Wildman–Crippen MR) is 105 cm³/mol. The van der Waals surface area contributed by atoms with Crippen molar-refractivity contribution in [2.24, 2.45) is 0 Å². The van der Waals surface area contributed by atoms with Gasteiger partial charge in [-0.1, -0.05) is 19.9 Å². The van der Waals surface area contributed by atoms with Crippen LogP contribution in [0.2, 0.25) is 0 Å². The minimum absolute atomic E-state index is 0.0283. The molecule has 0 spiro atoms. The first-order valence-corrected chi connectivity index (χ1v) is 8.57. The average Bonchev–Trinajstić information content (AvgIpc) is 2.60. The van der Waals surface area contributed by atoms with Gasteiger partial charge < -0.3 is 25.4 Å². The van der Waals surface area contributed by atoms with E-state index in [1.165, 1.54) is 7.11 Å².